The highest BCUT2D eigenvalue weighted by molar-refractivity contribution is 5.76. The summed E-state index contributed by atoms with van der Waals surface area (Å²) >= 11 is 0. The molecule has 144 valence electrons. The van der Waals surface area contributed by atoms with Crippen LogP contribution in [0.5, 0.6) is 0 Å². The first kappa shape index (κ1) is 20.3. The first-order valence-electron chi connectivity index (χ1n) is 9.53. The van der Waals surface area contributed by atoms with Crippen LogP contribution in [0.25, 0.3) is 0 Å². The highest BCUT2D eigenvalue weighted by Crippen LogP contribution is 2.33. The van der Waals surface area contributed by atoms with E-state index < -0.39 is 0 Å². The molecule has 1 aromatic rings. The molecule has 0 radical (unpaired) electrons. The average molecular weight is 360 g/mol. The van der Waals surface area contributed by atoms with Gasteiger partial charge in [0, 0.05) is 26.6 Å². The fourth-order valence-electron chi connectivity index (χ4n) is 3.57. The van der Waals surface area contributed by atoms with Crippen LogP contribution in [0.15, 0.2) is 24.3 Å². The van der Waals surface area contributed by atoms with Gasteiger partial charge in [-0.3, -0.25) is 4.79 Å². The van der Waals surface area contributed by atoms with Gasteiger partial charge in [-0.1, -0.05) is 50.6 Å². The molecule has 2 N–H and O–H groups in total. The number of rotatable bonds is 4. The van der Waals surface area contributed by atoms with Gasteiger partial charge in [-0.25, -0.2) is 4.79 Å². The summed E-state index contributed by atoms with van der Waals surface area (Å²) in [5.41, 5.74) is 2.25. The zero-order valence-corrected chi connectivity index (χ0v) is 16.8. The second-order valence-electron chi connectivity index (χ2n) is 8.47. The molecule has 1 aromatic carbocycles. The maximum absolute atomic E-state index is 12.8. The summed E-state index contributed by atoms with van der Waals surface area (Å²) in [5.74, 6) is 0.453. The van der Waals surface area contributed by atoms with Crippen LogP contribution in [0.1, 0.15) is 57.2 Å². The Morgan fingerprint density at radius 2 is 1.88 bits per heavy atom. The lowest BCUT2D eigenvalue weighted by molar-refractivity contribution is -0.121. The number of carbonyl (C=O) groups is 2. The van der Waals surface area contributed by atoms with E-state index in [1.165, 1.54) is 5.56 Å². The van der Waals surface area contributed by atoms with Crippen LogP contribution in [0.2, 0.25) is 0 Å². The van der Waals surface area contributed by atoms with Gasteiger partial charge in [0.2, 0.25) is 5.91 Å². The molecule has 5 heteroatoms. The van der Waals surface area contributed by atoms with Crippen LogP contribution in [0.3, 0.4) is 0 Å². The predicted molar refractivity (Wildman–Crippen MR) is 105 cm³/mol. The molecule has 26 heavy (non-hydrogen) atoms. The quantitative estimate of drug-likeness (QED) is 0.862. The highest BCUT2D eigenvalue weighted by Gasteiger charge is 2.31. The van der Waals surface area contributed by atoms with Gasteiger partial charge in [-0.2, -0.15) is 0 Å². The summed E-state index contributed by atoms with van der Waals surface area (Å²) in [6.07, 6.45) is 2.32. The smallest absolute Gasteiger partial charge is 0.317 e. The minimum absolute atomic E-state index is 0.00942. The van der Waals surface area contributed by atoms with Crippen molar-refractivity contribution in [1.29, 1.82) is 0 Å². The number of nitrogens with one attached hydrogen (secondary N) is 2. The molecule has 0 saturated carbocycles. The van der Waals surface area contributed by atoms with Gasteiger partial charge < -0.3 is 15.5 Å². The van der Waals surface area contributed by atoms with Crippen LogP contribution in [0.4, 0.5) is 4.79 Å². The lowest BCUT2D eigenvalue weighted by Gasteiger charge is -2.37. The van der Waals surface area contributed by atoms with Crippen LogP contribution >= 0.6 is 0 Å². The maximum Gasteiger partial charge on any atom is 0.317 e. The van der Waals surface area contributed by atoms with Gasteiger partial charge in [-0.15, -0.1) is 0 Å². The fraction of sp³-hybridized carbons (Fsp3) is 0.619. The lowest BCUT2D eigenvalue weighted by atomic mass is 9.82. The maximum atomic E-state index is 12.8. The van der Waals surface area contributed by atoms with Crippen molar-refractivity contribution in [3.63, 3.8) is 0 Å². The molecule has 2 rings (SSSR count). The third-order valence-corrected chi connectivity index (χ3v) is 5.16. The van der Waals surface area contributed by atoms with E-state index in [0.717, 1.165) is 18.4 Å². The Kier molecular flexibility index (Phi) is 6.68. The monoisotopic (exact) mass is 359 g/mol. The van der Waals surface area contributed by atoms with E-state index in [1.54, 1.807) is 7.05 Å². The van der Waals surface area contributed by atoms with Crippen LogP contribution in [-0.4, -0.2) is 37.0 Å². The van der Waals surface area contributed by atoms with Gasteiger partial charge in [0.15, 0.2) is 0 Å². The van der Waals surface area contributed by atoms with Crippen molar-refractivity contribution in [2.75, 3.05) is 20.1 Å². The van der Waals surface area contributed by atoms with Crippen LogP contribution in [0, 0.1) is 18.3 Å². The number of amides is 3. The Hall–Kier alpha value is -2.04. The summed E-state index contributed by atoms with van der Waals surface area (Å²) in [7, 11) is 1.67. The third-order valence-electron chi connectivity index (χ3n) is 5.16. The van der Waals surface area contributed by atoms with Gasteiger partial charge in [-0.05, 0) is 36.7 Å². The first-order chi connectivity index (χ1) is 12.2. The lowest BCUT2D eigenvalue weighted by Crippen LogP contribution is -2.48. The van der Waals surface area contributed by atoms with Crippen molar-refractivity contribution in [2.45, 2.75) is 53.0 Å². The van der Waals surface area contributed by atoms with E-state index in [0.29, 0.717) is 25.4 Å². The number of urea groups is 1. The summed E-state index contributed by atoms with van der Waals surface area (Å²) in [6, 6.07) is 8.29. The first-order valence-corrected chi connectivity index (χ1v) is 9.53. The number of benzene rings is 1. The molecule has 0 bridgehead atoms. The zero-order valence-electron chi connectivity index (χ0n) is 16.8. The number of carbonyl (C=O) groups excluding carboxylic acids is 2. The van der Waals surface area contributed by atoms with Crippen molar-refractivity contribution in [3.8, 4) is 0 Å². The topological polar surface area (TPSA) is 61.4 Å². The Balaban J connectivity index is 1.99. The van der Waals surface area contributed by atoms with Gasteiger partial charge >= 0.3 is 6.03 Å². The molecule has 1 saturated heterocycles. The van der Waals surface area contributed by atoms with Gasteiger partial charge in [0.1, 0.15) is 0 Å². The molecule has 1 atom stereocenters. The van der Waals surface area contributed by atoms with E-state index in [9.17, 15) is 9.59 Å². The molecule has 1 aliphatic heterocycles. The number of nitrogens with zero attached hydrogens (tertiary/aromatic N) is 1. The zero-order chi connectivity index (χ0) is 19.3. The molecule has 0 aliphatic carbocycles. The molecule has 1 fully saturated rings. The second kappa shape index (κ2) is 8.56. The van der Waals surface area contributed by atoms with Crippen molar-refractivity contribution in [3.05, 3.63) is 35.4 Å². The summed E-state index contributed by atoms with van der Waals surface area (Å²) in [4.78, 5) is 26.2. The number of hydrogen-bond donors (Lipinski definition) is 2. The SMILES string of the molecule is CNC(=O)CC1CCN(C(=O)NC(c2cccc(C)c2)C(C)(C)C)CC1. The van der Waals surface area contributed by atoms with E-state index in [4.69, 9.17) is 0 Å². The van der Waals surface area contributed by atoms with Crippen LogP contribution < -0.4 is 10.6 Å². The summed E-state index contributed by atoms with van der Waals surface area (Å²) in [6.45, 7) is 9.93. The van der Waals surface area contributed by atoms with Crippen molar-refractivity contribution in [1.82, 2.24) is 15.5 Å². The minimum Gasteiger partial charge on any atom is -0.359 e. The van der Waals surface area contributed by atoms with E-state index in [1.807, 2.05) is 11.0 Å². The van der Waals surface area contributed by atoms with E-state index >= 15 is 0 Å². The highest BCUT2D eigenvalue weighted by atomic mass is 16.2. The second-order valence-corrected chi connectivity index (χ2v) is 8.47. The molecule has 1 aliphatic rings. The molecule has 0 spiro atoms. The molecule has 1 unspecified atom stereocenters. The number of aryl methyl sites for hydroxylation is 1. The molecule has 3 amide bonds. The summed E-state index contributed by atoms with van der Waals surface area (Å²) in [5, 5.41) is 5.92. The van der Waals surface area contributed by atoms with Crippen LogP contribution in [-0.2, 0) is 4.79 Å². The Morgan fingerprint density at radius 3 is 2.42 bits per heavy atom. The average Bonchev–Trinajstić information content (AvgIpc) is 2.59. The normalized spacial score (nSPS) is 16.9. The number of piperidine rings is 1. The molecular weight excluding hydrogens is 326 g/mol. The molecule has 0 aromatic heterocycles. The third kappa shape index (κ3) is 5.48. The largest absolute Gasteiger partial charge is 0.359 e. The minimum atomic E-state index is -0.0824. The van der Waals surface area contributed by atoms with E-state index in [-0.39, 0.29) is 23.4 Å². The van der Waals surface area contributed by atoms with E-state index in [2.05, 4.69) is 56.5 Å². The number of hydrogen-bond acceptors (Lipinski definition) is 2. The summed E-state index contributed by atoms with van der Waals surface area (Å²) < 4.78 is 0. The molecule has 5 nitrogen and oxygen atoms in total. The van der Waals surface area contributed by atoms with Crippen molar-refractivity contribution >= 4 is 11.9 Å². The van der Waals surface area contributed by atoms with Crippen molar-refractivity contribution in [2.24, 2.45) is 11.3 Å². The number of likely N-dealkylation sites (tertiary alicyclic amines) is 1. The molecular formula is C21H33N3O2. The Morgan fingerprint density at radius 1 is 1.23 bits per heavy atom. The Labute approximate surface area is 157 Å². The van der Waals surface area contributed by atoms with Crippen molar-refractivity contribution < 1.29 is 9.59 Å². The Bertz CT molecular complexity index is 628. The molecule has 1 heterocycles. The predicted octanol–water partition coefficient (Wildman–Crippen LogP) is 3.64. The fourth-order valence-corrected chi connectivity index (χ4v) is 3.57. The van der Waals surface area contributed by atoms with Gasteiger partial charge in [0.25, 0.3) is 0 Å². The van der Waals surface area contributed by atoms with Gasteiger partial charge in [0.05, 0.1) is 6.04 Å². The standard InChI is InChI=1S/C21H33N3O2/c1-15-7-6-8-17(13-15)19(21(2,3)4)23-20(26)24-11-9-16(10-12-24)14-18(25)22-5/h6-8,13,16,19H,9-12,14H2,1-5H3,(H,22,25)(H,23,26).